The van der Waals surface area contributed by atoms with Gasteiger partial charge in [-0.25, -0.2) is 0 Å². The van der Waals surface area contributed by atoms with Gasteiger partial charge in [0.1, 0.15) is 0 Å². The smallest absolute Gasteiger partial charge is 0.0158 e. The van der Waals surface area contributed by atoms with Crippen LogP contribution in [0.5, 0.6) is 0 Å². The van der Waals surface area contributed by atoms with Crippen molar-refractivity contribution in [3.63, 3.8) is 0 Å². The first-order valence-corrected chi connectivity index (χ1v) is 9.20. The minimum Gasteiger partial charge on any atom is -0.0918 e. The molecule has 26 heavy (non-hydrogen) atoms. The number of hydrogen-bond donors (Lipinski definition) is 0. The van der Waals surface area contributed by atoms with Gasteiger partial charge in [0.25, 0.3) is 0 Å². The van der Waals surface area contributed by atoms with Crippen LogP contribution in [-0.2, 0) is 11.8 Å². The first-order valence-electron chi connectivity index (χ1n) is 9.20. The molecule has 2 aromatic carbocycles. The van der Waals surface area contributed by atoms with Crippen molar-refractivity contribution in [1.29, 1.82) is 0 Å². The zero-order valence-corrected chi connectivity index (χ0v) is 15.5. The molecule has 0 bridgehead atoms. The topological polar surface area (TPSA) is 0 Å². The lowest BCUT2D eigenvalue weighted by Gasteiger charge is -2.22. The molecule has 128 valence electrons. The molecule has 0 heterocycles. The van der Waals surface area contributed by atoms with Crippen molar-refractivity contribution in [2.24, 2.45) is 0 Å². The highest BCUT2D eigenvalue weighted by Gasteiger charge is 2.34. The van der Waals surface area contributed by atoms with Crippen molar-refractivity contribution in [2.75, 3.05) is 0 Å². The summed E-state index contributed by atoms with van der Waals surface area (Å²) >= 11 is 0. The maximum atomic E-state index is 4.05. The summed E-state index contributed by atoms with van der Waals surface area (Å²) in [6.45, 7) is 8.72. The molecular formula is C26H24. The molecule has 0 saturated heterocycles. The predicted molar refractivity (Wildman–Crippen MR) is 112 cm³/mol. The Kier molecular flexibility index (Phi) is 4.12. The molecule has 0 unspecified atom stereocenters. The normalized spacial score (nSPS) is 22.8. The van der Waals surface area contributed by atoms with E-state index >= 15 is 0 Å². The summed E-state index contributed by atoms with van der Waals surface area (Å²) in [5.41, 5.74) is 9.35. The molecule has 0 aromatic heterocycles. The van der Waals surface area contributed by atoms with Gasteiger partial charge in [0.15, 0.2) is 0 Å². The molecule has 0 heteroatoms. The van der Waals surface area contributed by atoms with Gasteiger partial charge in [-0.05, 0) is 45.4 Å². The zero-order chi connectivity index (χ0) is 18.1. The summed E-state index contributed by atoms with van der Waals surface area (Å²) in [7, 11) is 0. The second kappa shape index (κ2) is 6.46. The van der Waals surface area contributed by atoms with E-state index < -0.39 is 0 Å². The van der Waals surface area contributed by atoms with Gasteiger partial charge in [-0.15, -0.1) is 0 Å². The second-order valence-electron chi connectivity index (χ2n) is 7.62. The number of allylic oxidation sites excluding steroid dienone is 9. The Morgan fingerprint density at radius 2 is 1.62 bits per heavy atom. The molecule has 0 fully saturated rings. The van der Waals surface area contributed by atoms with Gasteiger partial charge >= 0.3 is 0 Å². The lowest BCUT2D eigenvalue weighted by Crippen LogP contribution is -2.15. The number of rotatable bonds is 2. The Morgan fingerprint density at radius 1 is 0.808 bits per heavy atom. The van der Waals surface area contributed by atoms with Crippen molar-refractivity contribution >= 4 is 0 Å². The van der Waals surface area contributed by atoms with Gasteiger partial charge < -0.3 is 0 Å². The van der Waals surface area contributed by atoms with Crippen LogP contribution < -0.4 is 0 Å². The monoisotopic (exact) mass is 336 g/mol. The van der Waals surface area contributed by atoms with Crippen LogP contribution in [0.4, 0.5) is 0 Å². The van der Waals surface area contributed by atoms with E-state index in [0.717, 1.165) is 12.0 Å². The minimum atomic E-state index is 0.0582. The van der Waals surface area contributed by atoms with Gasteiger partial charge in [0.05, 0.1) is 0 Å². The molecule has 0 saturated carbocycles. The molecule has 2 aromatic rings. The van der Waals surface area contributed by atoms with Crippen molar-refractivity contribution in [2.45, 2.75) is 25.7 Å². The van der Waals surface area contributed by atoms with E-state index in [1.807, 2.05) is 12.2 Å². The molecule has 0 spiro atoms. The molecule has 0 amide bonds. The van der Waals surface area contributed by atoms with E-state index in [4.69, 9.17) is 0 Å². The Hall–Kier alpha value is -2.86. The van der Waals surface area contributed by atoms with Gasteiger partial charge in [-0.3, -0.25) is 0 Å². The van der Waals surface area contributed by atoms with Gasteiger partial charge in [0, 0.05) is 5.41 Å². The average Bonchev–Trinajstić information content (AvgIpc) is 2.92. The average molecular weight is 336 g/mol. The molecule has 0 radical (unpaired) electrons. The Labute approximate surface area is 156 Å². The van der Waals surface area contributed by atoms with Crippen LogP contribution in [0, 0.1) is 0 Å². The summed E-state index contributed by atoms with van der Waals surface area (Å²) in [6.07, 6.45) is 15.6. The lowest BCUT2D eigenvalue weighted by atomic mass is 9.81. The van der Waals surface area contributed by atoms with Crippen LogP contribution in [0.15, 0.2) is 103 Å². The van der Waals surface area contributed by atoms with Crippen LogP contribution >= 0.6 is 0 Å². The summed E-state index contributed by atoms with van der Waals surface area (Å²) in [4.78, 5) is 0. The van der Waals surface area contributed by atoms with E-state index in [0.29, 0.717) is 0 Å². The SMILES string of the molecule is C=C1\C=C/C=C\C=C(Cc2ccc3c(c2)C(C)(C)c2ccccc2-3)/C=C\1. The second-order valence-corrected chi connectivity index (χ2v) is 7.62. The van der Waals surface area contributed by atoms with Crippen molar-refractivity contribution in [3.8, 4) is 11.1 Å². The molecule has 0 N–H and O–H groups in total. The maximum absolute atomic E-state index is 4.05. The minimum absolute atomic E-state index is 0.0582. The third-order valence-corrected chi connectivity index (χ3v) is 5.41. The summed E-state index contributed by atoms with van der Waals surface area (Å²) in [6, 6.07) is 15.8. The molecule has 0 aliphatic heterocycles. The molecule has 0 nitrogen and oxygen atoms in total. The van der Waals surface area contributed by atoms with Crippen LogP contribution in [0.2, 0.25) is 0 Å². The van der Waals surface area contributed by atoms with E-state index in [9.17, 15) is 0 Å². The highest BCUT2D eigenvalue weighted by atomic mass is 14.4. The number of fused-ring (bicyclic) bond motifs is 3. The predicted octanol–water partition coefficient (Wildman–Crippen LogP) is 6.70. The standard InChI is InChI=1S/C26H24/c1-19-9-5-4-6-10-20(14-13-19)17-21-15-16-23-22-11-7-8-12-24(22)26(2,3)25(23)18-21/h4-16,18H,1,17H2,2-3H3/b6-4-,9-5-,14-13-,20-10+. The van der Waals surface area contributed by atoms with E-state index in [2.05, 4.69) is 93.3 Å². The van der Waals surface area contributed by atoms with Crippen LogP contribution in [0.3, 0.4) is 0 Å². The van der Waals surface area contributed by atoms with E-state index in [1.54, 1.807) is 0 Å². The van der Waals surface area contributed by atoms with E-state index in [1.165, 1.54) is 33.4 Å². The highest BCUT2D eigenvalue weighted by molar-refractivity contribution is 5.80. The van der Waals surface area contributed by atoms with Crippen LogP contribution in [0.25, 0.3) is 11.1 Å². The van der Waals surface area contributed by atoms with Gasteiger partial charge in [0.2, 0.25) is 0 Å². The summed E-state index contributed by atoms with van der Waals surface area (Å²) in [5.74, 6) is 0. The fraction of sp³-hybridized carbons (Fsp3) is 0.154. The number of benzene rings is 2. The van der Waals surface area contributed by atoms with E-state index in [-0.39, 0.29) is 5.41 Å². The molecule has 4 rings (SSSR count). The largest absolute Gasteiger partial charge is 0.0918 e. The number of hydrogen-bond acceptors (Lipinski definition) is 0. The first-order chi connectivity index (χ1) is 12.6. The quantitative estimate of drug-likeness (QED) is 0.572. The third-order valence-electron chi connectivity index (χ3n) is 5.41. The fourth-order valence-electron chi connectivity index (χ4n) is 3.96. The molecule has 2 aliphatic carbocycles. The van der Waals surface area contributed by atoms with Crippen LogP contribution in [-0.4, -0.2) is 0 Å². The Bertz CT molecular complexity index is 990. The fourth-order valence-corrected chi connectivity index (χ4v) is 3.96. The molecular weight excluding hydrogens is 312 g/mol. The lowest BCUT2D eigenvalue weighted by molar-refractivity contribution is 0.659. The maximum Gasteiger partial charge on any atom is 0.0158 e. The van der Waals surface area contributed by atoms with Crippen molar-refractivity contribution < 1.29 is 0 Å². The summed E-state index contributed by atoms with van der Waals surface area (Å²) < 4.78 is 0. The zero-order valence-electron chi connectivity index (χ0n) is 15.5. The Morgan fingerprint density at radius 3 is 2.50 bits per heavy atom. The Balaban J connectivity index is 1.69. The van der Waals surface area contributed by atoms with Gasteiger partial charge in [-0.1, -0.05) is 105 Å². The van der Waals surface area contributed by atoms with Crippen LogP contribution in [0.1, 0.15) is 30.5 Å². The molecule has 2 aliphatic rings. The summed E-state index contributed by atoms with van der Waals surface area (Å²) in [5, 5.41) is 0. The van der Waals surface area contributed by atoms with Crippen molar-refractivity contribution in [1.82, 2.24) is 0 Å². The first kappa shape index (κ1) is 16.6. The highest BCUT2D eigenvalue weighted by Crippen LogP contribution is 2.48. The van der Waals surface area contributed by atoms with Crippen molar-refractivity contribution in [3.05, 3.63) is 119 Å². The third kappa shape index (κ3) is 2.93. The van der Waals surface area contributed by atoms with Gasteiger partial charge in [-0.2, -0.15) is 0 Å². The molecule has 0 atom stereocenters.